The number of rotatable bonds is 6. The number of hydrogen-bond acceptors (Lipinski definition) is 8. The molecule has 190 valence electrons. The van der Waals surface area contributed by atoms with Crippen molar-refractivity contribution in [1.82, 2.24) is 24.2 Å². The Balaban J connectivity index is 1.90. The number of likely N-dealkylation sites (N-methyl/N-ethyl adjacent to an activating group) is 1. The molecule has 0 saturated heterocycles. The van der Waals surface area contributed by atoms with Gasteiger partial charge in [0.25, 0.3) is 0 Å². The standard InChI is InChI=1S/C23H32N6O5S/c1-17-13-28(18(2)15-30)23(31)9-6-10-29-20(12-25-26-29)16-34-21(17)14-27(3)35(32,33)22-8-5-4-7-19(22)11-24/h4-5,7-8,12,17-18,21,30H,6,9-10,13-16H2,1-3H3/t17-,18-,21-/m1/s1. The van der Waals surface area contributed by atoms with Crippen molar-refractivity contribution >= 4 is 15.9 Å². The number of nitrogens with zero attached hydrogens (tertiary/aromatic N) is 6. The van der Waals surface area contributed by atoms with Crippen LogP contribution in [0.25, 0.3) is 0 Å². The molecule has 3 atom stereocenters. The van der Waals surface area contributed by atoms with Gasteiger partial charge in [-0.25, -0.2) is 13.1 Å². The third kappa shape index (κ3) is 6.24. The summed E-state index contributed by atoms with van der Waals surface area (Å²) in [6, 6.07) is 7.60. The predicted molar refractivity (Wildman–Crippen MR) is 126 cm³/mol. The van der Waals surface area contributed by atoms with Gasteiger partial charge in [-0.15, -0.1) is 5.10 Å². The minimum absolute atomic E-state index is 0.000362. The van der Waals surface area contributed by atoms with E-state index in [0.29, 0.717) is 25.9 Å². The number of fused-ring (bicyclic) bond motifs is 1. The Morgan fingerprint density at radius 1 is 1.37 bits per heavy atom. The van der Waals surface area contributed by atoms with Gasteiger partial charge >= 0.3 is 0 Å². The Morgan fingerprint density at radius 2 is 2.11 bits per heavy atom. The molecule has 11 nitrogen and oxygen atoms in total. The first-order valence-corrected chi connectivity index (χ1v) is 13.0. The molecule has 0 saturated carbocycles. The van der Waals surface area contributed by atoms with Crippen LogP contribution in [0.15, 0.2) is 35.4 Å². The van der Waals surface area contributed by atoms with Crippen molar-refractivity contribution in [3.05, 3.63) is 41.7 Å². The maximum absolute atomic E-state index is 13.3. The van der Waals surface area contributed by atoms with Crippen molar-refractivity contribution in [3.8, 4) is 6.07 Å². The van der Waals surface area contributed by atoms with Crippen LogP contribution in [0.4, 0.5) is 0 Å². The van der Waals surface area contributed by atoms with Gasteiger partial charge < -0.3 is 14.7 Å². The summed E-state index contributed by atoms with van der Waals surface area (Å²) >= 11 is 0. The minimum Gasteiger partial charge on any atom is -0.394 e. The second-order valence-electron chi connectivity index (χ2n) is 8.85. The summed E-state index contributed by atoms with van der Waals surface area (Å²) in [5.74, 6) is -0.358. The molecule has 1 aromatic heterocycles. The smallest absolute Gasteiger partial charge is 0.244 e. The lowest BCUT2D eigenvalue weighted by Gasteiger charge is -2.35. The van der Waals surface area contributed by atoms with Gasteiger partial charge in [-0.05, 0) is 25.5 Å². The van der Waals surface area contributed by atoms with Gasteiger partial charge in [0.05, 0.1) is 47.7 Å². The van der Waals surface area contributed by atoms with Crippen molar-refractivity contribution in [2.75, 3.05) is 26.7 Å². The highest BCUT2D eigenvalue weighted by Gasteiger charge is 2.32. The number of aliphatic hydroxyl groups is 1. The van der Waals surface area contributed by atoms with Crippen LogP contribution in [0.3, 0.4) is 0 Å². The van der Waals surface area contributed by atoms with Crippen LogP contribution in [-0.2, 0) is 32.7 Å². The van der Waals surface area contributed by atoms with Crippen LogP contribution in [0.1, 0.15) is 37.9 Å². The van der Waals surface area contributed by atoms with E-state index in [0.717, 1.165) is 5.69 Å². The Morgan fingerprint density at radius 3 is 2.83 bits per heavy atom. The molecule has 0 unspecified atom stereocenters. The molecule has 2 aromatic rings. The van der Waals surface area contributed by atoms with E-state index in [9.17, 15) is 23.6 Å². The molecule has 0 aliphatic carbocycles. The van der Waals surface area contributed by atoms with Crippen LogP contribution >= 0.6 is 0 Å². The molecule has 1 aliphatic rings. The van der Waals surface area contributed by atoms with Crippen LogP contribution < -0.4 is 0 Å². The molecule has 0 bridgehead atoms. The fraction of sp³-hybridized carbons (Fsp3) is 0.565. The zero-order valence-electron chi connectivity index (χ0n) is 20.2. The molecule has 12 heteroatoms. The van der Waals surface area contributed by atoms with Crippen LogP contribution in [0.5, 0.6) is 0 Å². The number of aromatic nitrogens is 3. The largest absolute Gasteiger partial charge is 0.394 e. The monoisotopic (exact) mass is 504 g/mol. The number of ether oxygens (including phenoxy) is 1. The van der Waals surface area contributed by atoms with Crippen LogP contribution in [0.2, 0.25) is 0 Å². The molecule has 2 heterocycles. The Kier molecular flexibility index (Phi) is 8.96. The normalized spacial score (nSPS) is 21.0. The van der Waals surface area contributed by atoms with Crippen molar-refractivity contribution in [2.24, 2.45) is 5.92 Å². The van der Waals surface area contributed by atoms with Gasteiger partial charge in [0.1, 0.15) is 6.07 Å². The van der Waals surface area contributed by atoms with E-state index >= 15 is 0 Å². The summed E-state index contributed by atoms with van der Waals surface area (Å²) in [6.07, 6.45) is 1.87. The highest BCUT2D eigenvalue weighted by atomic mass is 32.2. The van der Waals surface area contributed by atoms with Crippen molar-refractivity contribution < 1.29 is 23.1 Å². The fourth-order valence-corrected chi connectivity index (χ4v) is 5.37. The number of benzene rings is 1. The van der Waals surface area contributed by atoms with Crippen LogP contribution in [-0.4, -0.2) is 82.5 Å². The number of nitriles is 1. The maximum Gasteiger partial charge on any atom is 0.244 e. The molecule has 1 aliphatic heterocycles. The molecule has 35 heavy (non-hydrogen) atoms. The number of carbonyl (C=O) groups excluding carboxylic acids is 1. The predicted octanol–water partition coefficient (Wildman–Crippen LogP) is 0.995. The van der Waals surface area contributed by atoms with E-state index < -0.39 is 16.1 Å². The molecule has 0 radical (unpaired) electrons. The van der Waals surface area contributed by atoms with Gasteiger partial charge in [-0.3, -0.25) is 4.79 Å². The lowest BCUT2D eigenvalue weighted by molar-refractivity contribution is -0.136. The van der Waals surface area contributed by atoms with Gasteiger partial charge in [-0.1, -0.05) is 24.3 Å². The number of amides is 1. The van der Waals surface area contributed by atoms with Gasteiger partial charge in [0, 0.05) is 39.0 Å². The van der Waals surface area contributed by atoms with Crippen molar-refractivity contribution in [1.29, 1.82) is 5.26 Å². The lowest BCUT2D eigenvalue weighted by Crippen LogP contribution is -2.48. The number of aliphatic hydroxyl groups excluding tert-OH is 1. The summed E-state index contributed by atoms with van der Waals surface area (Å²) < 4.78 is 35.6. The number of sulfonamides is 1. The topological polar surface area (TPSA) is 142 Å². The molecule has 0 fully saturated rings. The van der Waals surface area contributed by atoms with E-state index in [2.05, 4.69) is 10.3 Å². The average molecular weight is 505 g/mol. The second-order valence-corrected chi connectivity index (χ2v) is 10.9. The average Bonchev–Trinajstić information content (AvgIpc) is 3.30. The van der Waals surface area contributed by atoms with E-state index in [1.165, 1.54) is 23.5 Å². The molecule has 0 spiro atoms. The third-order valence-corrected chi connectivity index (χ3v) is 8.15. The summed E-state index contributed by atoms with van der Waals surface area (Å²) in [6.45, 7) is 4.44. The summed E-state index contributed by atoms with van der Waals surface area (Å²) in [5, 5.41) is 27.1. The quantitative estimate of drug-likeness (QED) is 0.614. The molecule has 1 amide bonds. The van der Waals surface area contributed by atoms with E-state index in [4.69, 9.17) is 4.74 Å². The van der Waals surface area contributed by atoms with E-state index in [-0.39, 0.29) is 48.1 Å². The van der Waals surface area contributed by atoms with Crippen LogP contribution in [0, 0.1) is 17.2 Å². The fourth-order valence-electron chi connectivity index (χ4n) is 4.05. The molecule has 3 rings (SSSR count). The minimum atomic E-state index is -3.97. The van der Waals surface area contributed by atoms with Gasteiger partial charge in [0.15, 0.2) is 0 Å². The summed E-state index contributed by atoms with van der Waals surface area (Å²) in [7, 11) is -2.52. The van der Waals surface area contributed by atoms with Gasteiger partial charge in [0.2, 0.25) is 15.9 Å². The first kappa shape index (κ1) is 26.7. The summed E-state index contributed by atoms with van der Waals surface area (Å²) in [4.78, 5) is 14.5. The highest BCUT2D eigenvalue weighted by molar-refractivity contribution is 7.89. The lowest BCUT2D eigenvalue weighted by atomic mass is 10.0. The zero-order valence-corrected chi connectivity index (χ0v) is 21.1. The maximum atomic E-state index is 13.3. The highest BCUT2D eigenvalue weighted by Crippen LogP contribution is 2.22. The number of aryl methyl sites for hydroxylation is 1. The molecular formula is C23H32N6O5S. The SMILES string of the molecule is C[C@@H]1CN([C@H](C)CO)C(=O)CCCn2nncc2CO[C@@H]1CN(C)S(=O)(=O)c1ccccc1C#N. The van der Waals surface area contributed by atoms with E-state index in [1.54, 1.807) is 34.8 Å². The van der Waals surface area contributed by atoms with E-state index in [1.807, 2.05) is 13.0 Å². The Labute approximate surface area is 205 Å². The second kappa shape index (κ2) is 11.7. The summed E-state index contributed by atoms with van der Waals surface area (Å²) in [5.41, 5.74) is 0.798. The molecular weight excluding hydrogens is 472 g/mol. The Hall–Kier alpha value is -2.85. The van der Waals surface area contributed by atoms with Crippen molar-refractivity contribution in [2.45, 2.75) is 56.9 Å². The third-order valence-electron chi connectivity index (χ3n) is 6.27. The molecule has 1 aromatic carbocycles. The zero-order chi connectivity index (χ0) is 25.6. The van der Waals surface area contributed by atoms with Crippen molar-refractivity contribution in [3.63, 3.8) is 0 Å². The first-order valence-electron chi connectivity index (χ1n) is 11.5. The number of hydrogen-bond donors (Lipinski definition) is 1. The first-order chi connectivity index (χ1) is 16.7. The number of carbonyl (C=O) groups is 1. The van der Waals surface area contributed by atoms with Gasteiger partial charge in [-0.2, -0.15) is 9.57 Å². The Bertz CT molecular complexity index is 1160. The molecule has 1 N–H and O–H groups in total.